The number of hydrogen-bond acceptors (Lipinski definition) is 7. The second kappa shape index (κ2) is 8.00. The van der Waals surface area contributed by atoms with Crippen LogP contribution in [-0.2, 0) is 16.1 Å². The lowest BCUT2D eigenvalue weighted by Crippen LogP contribution is -2.47. The van der Waals surface area contributed by atoms with Gasteiger partial charge in [0, 0.05) is 28.6 Å². The van der Waals surface area contributed by atoms with Crippen LogP contribution in [0.4, 0.5) is 0 Å². The minimum absolute atomic E-state index is 0.192. The van der Waals surface area contributed by atoms with E-state index in [1.807, 2.05) is 24.0 Å². The van der Waals surface area contributed by atoms with Crippen LogP contribution in [0.15, 0.2) is 28.7 Å². The van der Waals surface area contributed by atoms with E-state index in [1.165, 1.54) is 0 Å². The highest BCUT2D eigenvalue weighted by Gasteiger charge is 2.31. The second-order valence-electron chi connectivity index (χ2n) is 5.32. The smallest absolute Gasteiger partial charge is 0.324 e. The van der Waals surface area contributed by atoms with Crippen molar-refractivity contribution in [3.8, 4) is 11.5 Å². The van der Waals surface area contributed by atoms with Crippen LogP contribution in [0.3, 0.4) is 0 Å². The van der Waals surface area contributed by atoms with Gasteiger partial charge in [-0.15, -0.1) is 10.2 Å². The summed E-state index contributed by atoms with van der Waals surface area (Å²) in [6.45, 7) is 3.42. The molecule has 2 heterocycles. The first kappa shape index (κ1) is 17.3. The fraction of sp³-hybridized carbons (Fsp3) is 0.438. The van der Waals surface area contributed by atoms with Crippen LogP contribution in [0.1, 0.15) is 12.8 Å². The second-order valence-corrected chi connectivity index (χ2v) is 6.91. The van der Waals surface area contributed by atoms with Gasteiger partial charge in [-0.2, -0.15) is 11.8 Å². The van der Waals surface area contributed by atoms with E-state index in [1.54, 1.807) is 23.9 Å². The lowest BCUT2D eigenvalue weighted by atomic mass is 10.2. The predicted octanol–water partition coefficient (Wildman–Crippen LogP) is 2.87. The van der Waals surface area contributed by atoms with Crippen molar-refractivity contribution in [1.29, 1.82) is 0 Å². The first-order valence-electron chi connectivity index (χ1n) is 7.74. The Kier molecular flexibility index (Phi) is 5.76. The molecule has 3 rings (SSSR count). The van der Waals surface area contributed by atoms with Crippen LogP contribution < -0.4 is 0 Å². The molecule has 0 saturated carbocycles. The summed E-state index contributed by atoms with van der Waals surface area (Å²) in [5.41, 5.74) is 0.814. The Labute approximate surface area is 149 Å². The average Bonchev–Trinajstić information content (AvgIpc) is 3.05. The molecule has 1 atom stereocenters. The summed E-state index contributed by atoms with van der Waals surface area (Å²) < 4.78 is 10.9. The minimum Gasteiger partial charge on any atom is -0.465 e. The van der Waals surface area contributed by atoms with E-state index < -0.39 is 0 Å². The Morgan fingerprint density at radius 2 is 2.21 bits per heavy atom. The first-order valence-corrected chi connectivity index (χ1v) is 9.27. The summed E-state index contributed by atoms with van der Waals surface area (Å²) in [5.74, 6) is 2.43. The molecule has 8 heteroatoms. The molecule has 0 spiro atoms. The number of carbonyl (C=O) groups excluding carboxylic acids is 1. The van der Waals surface area contributed by atoms with Crippen molar-refractivity contribution in [2.45, 2.75) is 19.5 Å². The zero-order valence-electron chi connectivity index (χ0n) is 13.3. The predicted molar refractivity (Wildman–Crippen MR) is 92.9 cm³/mol. The summed E-state index contributed by atoms with van der Waals surface area (Å²) >= 11 is 7.64. The number of benzene rings is 1. The summed E-state index contributed by atoms with van der Waals surface area (Å²) in [7, 11) is 0. The molecule has 0 aliphatic carbocycles. The molecular formula is C16H18ClN3O3S. The van der Waals surface area contributed by atoms with Crippen LogP contribution in [0.25, 0.3) is 11.5 Å². The molecular weight excluding hydrogens is 350 g/mol. The van der Waals surface area contributed by atoms with E-state index in [0.717, 1.165) is 23.6 Å². The van der Waals surface area contributed by atoms with Gasteiger partial charge in [-0.3, -0.25) is 9.69 Å². The maximum absolute atomic E-state index is 12.1. The van der Waals surface area contributed by atoms with Crippen molar-refractivity contribution >= 4 is 29.3 Å². The largest absolute Gasteiger partial charge is 0.465 e. The van der Waals surface area contributed by atoms with Gasteiger partial charge in [0.2, 0.25) is 11.8 Å². The molecule has 1 aromatic carbocycles. The van der Waals surface area contributed by atoms with Gasteiger partial charge < -0.3 is 9.15 Å². The highest BCUT2D eigenvalue weighted by atomic mass is 35.5. The number of hydrogen-bond donors (Lipinski definition) is 0. The zero-order chi connectivity index (χ0) is 16.9. The van der Waals surface area contributed by atoms with Crippen molar-refractivity contribution in [1.82, 2.24) is 15.1 Å². The molecule has 1 aromatic heterocycles. The Morgan fingerprint density at radius 1 is 1.42 bits per heavy atom. The Balaban J connectivity index is 1.70. The van der Waals surface area contributed by atoms with E-state index in [-0.39, 0.29) is 12.0 Å². The molecule has 6 nitrogen and oxygen atoms in total. The number of thioether (sulfide) groups is 1. The standard InChI is InChI=1S/C16H18ClN3O3S/c1-2-22-16(21)13-10-24-8-7-20(13)9-14-18-19-15(23-14)11-3-5-12(17)6-4-11/h3-6,13H,2,7-10H2,1H3/t13-/m0/s1. The summed E-state index contributed by atoms with van der Waals surface area (Å²) in [4.78, 5) is 14.1. The van der Waals surface area contributed by atoms with Gasteiger partial charge in [-0.05, 0) is 31.2 Å². The number of carbonyl (C=O) groups is 1. The number of aromatic nitrogens is 2. The summed E-state index contributed by atoms with van der Waals surface area (Å²) in [6.07, 6.45) is 0. The van der Waals surface area contributed by atoms with Gasteiger partial charge in [0.25, 0.3) is 0 Å². The molecule has 0 bridgehead atoms. The van der Waals surface area contributed by atoms with E-state index in [0.29, 0.717) is 30.0 Å². The molecule has 1 saturated heterocycles. The molecule has 0 N–H and O–H groups in total. The molecule has 0 unspecified atom stereocenters. The summed E-state index contributed by atoms with van der Waals surface area (Å²) in [6, 6.07) is 6.95. The zero-order valence-corrected chi connectivity index (χ0v) is 14.8. The van der Waals surface area contributed by atoms with Crippen LogP contribution in [-0.4, -0.2) is 51.8 Å². The van der Waals surface area contributed by atoms with Crippen molar-refractivity contribution < 1.29 is 13.9 Å². The SMILES string of the molecule is CCOC(=O)[C@@H]1CSCCN1Cc1nnc(-c2ccc(Cl)cc2)o1. The number of halogens is 1. The number of ether oxygens (including phenoxy) is 1. The van der Waals surface area contributed by atoms with E-state index in [9.17, 15) is 4.79 Å². The number of nitrogens with zero attached hydrogens (tertiary/aromatic N) is 3. The van der Waals surface area contributed by atoms with Crippen LogP contribution in [0, 0.1) is 0 Å². The quantitative estimate of drug-likeness (QED) is 0.752. The topological polar surface area (TPSA) is 68.5 Å². The normalized spacial score (nSPS) is 18.5. The van der Waals surface area contributed by atoms with E-state index >= 15 is 0 Å². The molecule has 1 fully saturated rings. The third kappa shape index (κ3) is 4.09. The molecule has 24 heavy (non-hydrogen) atoms. The van der Waals surface area contributed by atoms with E-state index in [4.69, 9.17) is 20.8 Å². The molecule has 0 radical (unpaired) electrons. The third-order valence-electron chi connectivity index (χ3n) is 3.69. The third-order valence-corrected chi connectivity index (χ3v) is 4.97. The molecule has 2 aromatic rings. The summed E-state index contributed by atoms with van der Waals surface area (Å²) in [5, 5.41) is 8.83. The van der Waals surface area contributed by atoms with Gasteiger partial charge in [-0.1, -0.05) is 11.6 Å². The van der Waals surface area contributed by atoms with Crippen LogP contribution in [0.2, 0.25) is 5.02 Å². The number of esters is 1. The lowest BCUT2D eigenvalue weighted by Gasteiger charge is -2.32. The number of rotatable bonds is 5. The molecule has 0 amide bonds. The minimum atomic E-state index is -0.269. The first-order chi connectivity index (χ1) is 11.7. The Bertz CT molecular complexity index is 692. The lowest BCUT2D eigenvalue weighted by molar-refractivity contribution is -0.149. The van der Waals surface area contributed by atoms with Gasteiger partial charge >= 0.3 is 5.97 Å². The van der Waals surface area contributed by atoms with Gasteiger partial charge in [-0.25, -0.2) is 0 Å². The van der Waals surface area contributed by atoms with Crippen molar-refractivity contribution in [3.05, 3.63) is 35.2 Å². The van der Waals surface area contributed by atoms with E-state index in [2.05, 4.69) is 10.2 Å². The van der Waals surface area contributed by atoms with Crippen molar-refractivity contribution in [2.75, 3.05) is 24.7 Å². The highest BCUT2D eigenvalue weighted by Crippen LogP contribution is 2.23. The molecule has 1 aliphatic rings. The highest BCUT2D eigenvalue weighted by molar-refractivity contribution is 7.99. The monoisotopic (exact) mass is 367 g/mol. The maximum Gasteiger partial charge on any atom is 0.324 e. The Morgan fingerprint density at radius 3 is 2.96 bits per heavy atom. The van der Waals surface area contributed by atoms with Crippen molar-refractivity contribution in [3.63, 3.8) is 0 Å². The molecule has 128 valence electrons. The van der Waals surface area contributed by atoms with Crippen LogP contribution >= 0.6 is 23.4 Å². The maximum atomic E-state index is 12.1. The fourth-order valence-corrected chi connectivity index (χ4v) is 3.71. The van der Waals surface area contributed by atoms with Gasteiger partial charge in [0.05, 0.1) is 13.2 Å². The Hall–Kier alpha value is -1.57. The fourth-order valence-electron chi connectivity index (χ4n) is 2.48. The van der Waals surface area contributed by atoms with Gasteiger partial charge in [0.1, 0.15) is 6.04 Å². The molecule has 1 aliphatic heterocycles. The van der Waals surface area contributed by atoms with Crippen LogP contribution in [0.5, 0.6) is 0 Å². The average molecular weight is 368 g/mol. The van der Waals surface area contributed by atoms with Crippen molar-refractivity contribution in [2.24, 2.45) is 0 Å². The van der Waals surface area contributed by atoms with Gasteiger partial charge in [0.15, 0.2) is 0 Å².